The Morgan fingerprint density at radius 2 is 1.60 bits per heavy atom. The molecule has 0 N–H and O–H groups in total. The average Bonchev–Trinajstić information content (AvgIpc) is 3.20. The van der Waals surface area contributed by atoms with E-state index in [9.17, 15) is 4.79 Å². The van der Waals surface area contributed by atoms with Crippen LogP contribution in [0.4, 0.5) is 0 Å². The number of methoxy groups -OCH3 is 1. The van der Waals surface area contributed by atoms with Crippen molar-refractivity contribution in [3.8, 4) is 17.2 Å². The van der Waals surface area contributed by atoms with Gasteiger partial charge in [-0.05, 0) is 41.5 Å². The highest BCUT2D eigenvalue weighted by atomic mass is 16.5. The van der Waals surface area contributed by atoms with Crippen LogP contribution in [0.15, 0.2) is 78.6 Å². The van der Waals surface area contributed by atoms with Crippen molar-refractivity contribution in [1.82, 2.24) is 9.80 Å². The van der Waals surface area contributed by atoms with E-state index in [-0.39, 0.29) is 5.78 Å². The van der Waals surface area contributed by atoms with E-state index in [4.69, 9.17) is 14.2 Å². The molecular formula is C29H30N2O4. The minimum Gasteiger partial charge on any atom is -0.497 e. The summed E-state index contributed by atoms with van der Waals surface area (Å²) >= 11 is 0. The van der Waals surface area contributed by atoms with Crippen molar-refractivity contribution in [2.24, 2.45) is 0 Å². The normalized spacial score (nSPS) is 17.3. The van der Waals surface area contributed by atoms with E-state index in [2.05, 4.69) is 40.1 Å². The van der Waals surface area contributed by atoms with Crippen LogP contribution in [-0.4, -0.2) is 62.0 Å². The molecule has 6 heteroatoms. The number of ether oxygens (including phenoxy) is 3. The largest absolute Gasteiger partial charge is 0.497 e. The molecule has 0 unspecified atom stereocenters. The maximum Gasteiger partial charge on any atom is 0.231 e. The third-order valence-corrected chi connectivity index (χ3v) is 6.45. The minimum absolute atomic E-state index is 0.115. The van der Waals surface area contributed by atoms with Crippen molar-refractivity contribution in [1.29, 1.82) is 0 Å². The summed E-state index contributed by atoms with van der Waals surface area (Å²) < 4.78 is 17.0. The van der Waals surface area contributed by atoms with Gasteiger partial charge in [0.05, 0.1) is 12.7 Å². The van der Waals surface area contributed by atoms with Gasteiger partial charge in [0, 0.05) is 45.3 Å². The van der Waals surface area contributed by atoms with E-state index >= 15 is 0 Å². The molecular weight excluding hydrogens is 440 g/mol. The van der Waals surface area contributed by atoms with Crippen LogP contribution in [0.1, 0.15) is 21.5 Å². The maximum atomic E-state index is 12.7. The zero-order valence-electron chi connectivity index (χ0n) is 20.0. The minimum atomic E-state index is -0.115. The summed E-state index contributed by atoms with van der Waals surface area (Å²) in [4.78, 5) is 17.7. The summed E-state index contributed by atoms with van der Waals surface area (Å²) in [5, 5.41) is 0. The van der Waals surface area contributed by atoms with Crippen molar-refractivity contribution in [3.05, 3.63) is 95.2 Å². The van der Waals surface area contributed by atoms with Gasteiger partial charge in [0.2, 0.25) is 5.78 Å². The van der Waals surface area contributed by atoms with E-state index in [0.717, 1.165) is 50.6 Å². The lowest BCUT2D eigenvalue weighted by atomic mass is 10.1. The Hall–Kier alpha value is -3.61. The molecule has 1 fully saturated rings. The Balaban J connectivity index is 1.10. The third kappa shape index (κ3) is 5.73. The lowest BCUT2D eigenvalue weighted by molar-refractivity contribution is 0.101. The zero-order chi connectivity index (χ0) is 24.0. The molecule has 0 radical (unpaired) electrons. The van der Waals surface area contributed by atoms with Gasteiger partial charge < -0.3 is 14.2 Å². The van der Waals surface area contributed by atoms with Gasteiger partial charge in [-0.3, -0.25) is 14.6 Å². The van der Waals surface area contributed by atoms with E-state index in [0.29, 0.717) is 29.4 Å². The third-order valence-electron chi connectivity index (χ3n) is 6.45. The molecule has 180 valence electrons. The van der Waals surface area contributed by atoms with Crippen molar-refractivity contribution >= 4 is 11.9 Å². The second kappa shape index (κ2) is 10.8. The summed E-state index contributed by atoms with van der Waals surface area (Å²) in [7, 11) is 1.63. The summed E-state index contributed by atoms with van der Waals surface area (Å²) in [6.45, 7) is 6.68. The molecule has 0 aromatic heterocycles. The summed E-state index contributed by atoms with van der Waals surface area (Å²) in [5.41, 5.74) is 2.80. The Morgan fingerprint density at radius 3 is 2.34 bits per heavy atom. The second-order valence-electron chi connectivity index (χ2n) is 8.82. The number of carbonyl (C=O) groups excluding carboxylic acids is 1. The number of piperazine rings is 1. The van der Waals surface area contributed by atoms with Gasteiger partial charge in [-0.2, -0.15) is 0 Å². The second-order valence-corrected chi connectivity index (χ2v) is 8.82. The Bertz CT molecular complexity index is 1180. The Labute approximate surface area is 206 Å². The number of ketones is 1. The molecule has 2 heterocycles. The molecule has 0 atom stereocenters. The number of hydrogen-bond acceptors (Lipinski definition) is 6. The lowest BCUT2D eigenvalue weighted by Crippen LogP contribution is -2.47. The Morgan fingerprint density at radius 1 is 0.886 bits per heavy atom. The van der Waals surface area contributed by atoms with Gasteiger partial charge >= 0.3 is 0 Å². The monoisotopic (exact) mass is 470 g/mol. The van der Waals surface area contributed by atoms with Crippen molar-refractivity contribution in [3.63, 3.8) is 0 Å². The number of rotatable bonds is 8. The predicted octanol–water partition coefficient (Wildman–Crippen LogP) is 4.51. The summed E-state index contributed by atoms with van der Waals surface area (Å²) in [5.74, 6) is 2.23. The lowest BCUT2D eigenvalue weighted by Gasteiger charge is -2.34. The van der Waals surface area contributed by atoms with Gasteiger partial charge in [0.25, 0.3) is 0 Å². The van der Waals surface area contributed by atoms with Crippen molar-refractivity contribution in [2.45, 2.75) is 6.54 Å². The highest BCUT2D eigenvalue weighted by Gasteiger charge is 2.27. The predicted molar refractivity (Wildman–Crippen MR) is 136 cm³/mol. The molecule has 3 aromatic rings. The van der Waals surface area contributed by atoms with Crippen LogP contribution in [0.3, 0.4) is 0 Å². The fourth-order valence-electron chi connectivity index (χ4n) is 4.41. The fourth-order valence-corrected chi connectivity index (χ4v) is 4.41. The van der Waals surface area contributed by atoms with Crippen molar-refractivity contribution < 1.29 is 19.0 Å². The van der Waals surface area contributed by atoms with Crippen LogP contribution >= 0.6 is 0 Å². The first-order chi connectivity index (χ1) is 17.2. The average molecular weight is 471 g/mol. The first-order valence-corrected chi connectivity index (χ1v) is 12.0. The highest BCUT2D eigenvalue weighted by molar-refractivity contribution is 6.14. The molecule has 0 saturated carbocycles. The highest BCUT2D eigenvalue weighted by Crippen LogP contribution is 2.35. The van der Waals surface area contributed by atoms with Crippen LogP contribution < -0.4 is 14.2 Å². The molecule has 0 bridgehead atoms. The van der Waals surface area contributed by atoms with E-state index in [1.807, 2.05) is 30.3 Å². The van der Waals surface area contributed by atoms with Crippen LogP contribution in [0.25, 0.3) is 6.08 Å². The van der Waals surface area contributed by atoms with E-state index in [1.165, 1.54) is 5.56 Å². The standard InChI is InChI=1S/C29H30N2O4/c1-33-24-9-7-22(8-10-24)19-28-29(32)26-12-11-25(20-27(26)35-28)34-18-17-30-13-15-31(16-14-30)21-23-5-3-2-4-6-23/h2-12,19-20H,13-18,21H2,1H3/b28-19-. The maximum absolute atomic E-state index is 12.7. The quantitative estimate of drug-likeness (QED) is 0.452. The van der Waals surface area contributed by atoms with Gasteiger partial charge in [-0.25, -0.2) is 0 Å². The molecule has 35 heavy (non-hydrogen) atoms. The molecule has 0 spiro atoms. The van der Waals surface area contributed by atoms with Crippen LogP contribution in [0.5, 0.6) is 17.2 Å². The smallest absolute Gasteiger partial charge is 0.231 e. The van der Waals surface area contributed by atoms with Crippen LogP contribution in [-0.2, 0) is 6.54 Å². The molecule has 1 saturated heterocycles. The molecule has 5 rings (SSSR count). The van der Waals surface area contributed by atoms with Crippen LogP contribution in [0, 0.1) is 0 Å². The van der Waals surface area contributed by atoms with E-state index < -0.39 is 0 Å². The number of benzene rings is 3. The van der Waals surface area contributed by atoms with Crippen LogP contribution in [0.2, 0.25) is 0 Å². The van der Waals surface area contributed by atoms with Gasteiger partial charge in [-0.1, -0.05) is 42.5 Å². The summed E-state index contributed by atoms with van der Waals surface area (Å²) in [6, 6.07) is 23.5. The summed E-state index contributed by atoms with van der Waals surface area (Å²) in [6.07, 6.45) is 1.75. The molecule has 0 amide bonds. The van der Waals surface area contributed by atoms with Gasteiger partial charge in [0.1, 0.15) is 23.9 Å². The van der Waals surface area contributed by atoms with Crippen molar-refractivity contribution in [2.75, 3.05) is 46.4 Å². The zero-order valence-corrected chi connectivity index (χ0v) is 20.0. The number of nitrogens with zero attached hydrogens (tertiary/aromatic N) is 2. The number of Topliss-reactive ketones (excluding diaryl/α,β-unsaturated/α-hetero) is 1. The SMILES string of the molecule is COc1ccc(/C=C2\Oc3cc(OCCN4CCN(Cc5ccccc5)CC4)ccc3C2=O)cc1. The topological polar surface area (TPSA) is 51.2 Å². The first kappa shape index (κ1) is 23.1. The molecule has 0 aliphatic carbocycles. The number of hydrogen-bond donors (Lipinski definition) is 0. The number of allylic oxidation sites excluding steroid dienone is 1. The van der Waals surface area contributed by atoms with E-state index in [1.54, 1.807) is 25.3 Å². The first-order valence-electron chi connectivity index (χ1n) is 12.0. The Kier molecular flexibility index (Phi) is 7.12. The fraction of sp³-hybridized carbons (Fsp3) is 0.276. The van der Waals surface area contributed by atoms with Gasteiger partial charge in [0.15, 0.2) is 5.76 Å². The molecule has 2 aliphatic heterocycles. The number of carbonyl (C=O) groups is 1. The molecule has 3 aromatic carbocycles. The van der Waals surface area contributed by atoms with Gasteiger partial charge in [-0.15, -0.1) is 0 Å². The number of fused-ring (bicyclic) bond motifs is 1. The molecule has 6 nitrogen and oxygen atoms in total. The molecule has 2 aliphatic rings.